The molecule has 3 rings (SSSR count). The van der Waals surface area contributed by atoms with E-state index in [1.807, 2.05) is 4.90 Å². The maximum atomic E-state index is 11.8. The Labute approximate surface area is 124 Å². The molecule has 0 spiro atoms. The van der Waals surface area contributed by atoms with E-state index in [9.17, 15) is 9.59 Å². The van der Waals surface area contributed by atoms with E-state index in [2.05, 4.69) is 10.1 Å². The lowest BCUT2D eigenvalue weighted by Gasteiger charge is -2.17. The van der Waals surface area contributed by atoms with Gasteiger partial charge in [-0.3, -0.25) is 14.5 Å². The molecule has 21 heavy (non-hydrogen) atoms. The third-order valence-corrected chi connectivity index (χ3v) is 4.24. The molecule has 0 amide bonds. The molecule has 2 heterocycles. The molecule has 1 aliphatic carbocycles. The average Bonchev–Trinajstić information content (AvgIpc) is 3.07. The largest absolute Gasteiger partial charge is 0.480 e. The summed E-state index contributed by atoms with van der Waals surface area (Å²) < 4.78 is 1.28. The topological polar surface area (TPSA) is 87.8 Å². The van der Waals surface area contributed by atoms with Crippen molar-refractivity contribution in [3.05, 3.63) is 27.1 Å². The van der Waals surface area contributed by atoms with Crippen LogP contribution in [-0.2, 0) is 11.3 Å². The summed E-state index contributed by atoms with van der Waals surface area (Å²) in [6.45, 7) is 2.97. The number of aryl methyl sites for hydroxylation is 1. The summed E-state index contributed by atoms with van der Waals surface area (Å²) in [6, 6.07) is 1.44. The zero-order valence-corrected chi connectivity index (χ0v) is 12.5. The van der Waals surface area contributed by atoms with Crippen molar-refractivity contribution in [3.63, 3.8) is 0 Å². The minimum atomic E-state index is -0.845. The number of carbonyl (C=O) groups is 1. The predicted molar refractivity (Wildman–Crippen MR) is 77.5 cm³/mol. The smallest absolute Gasteiger partial charge is 0.317 e. The second-order valence-corrected chi connectivity index (χ2v) is 6.47. The minimum Gasteiger partial charge on any atom is -0.480 e. The number of aromatic nitrogens is 3. The summed E-state index contributed by atoms with van der Waals surface area (Å²) in [5.74, 6) is -0.246. The number of rotatable bonds is 6. The fourth-order valence-corrected chi connectivity index (χ4v) is 3.24. The van der Waals surface area contributed by atoms with Crippen LogP contribution in [0.2, 0.25) is 0 Å². The van der Waals surface area contributed by atoms with Crippen molar-refractivity contribution in [2.24, 2.45) is 5.92 Å². The Morgan fingerprint density at radius 1 is 1.57 bits per heavy atom. The highest BCUT2D eigenvalue weighted by molar-refractivity contribution is 7.16. The van der Waals surface area contributed by atoms with Crippen molar-refractivity contribution in [2.75, 3.05) is 13.1 Å². The number of aliphatic carboxylic acids is 1. The van der Waals surface area contributed by atoms with Crippen LogP contribution in [0, 0.1) is 12.8 Å². The van der Waals surface area contributed by atoms with Crippen LogP contribution in [0.4, 0.5) is 0 Å². The summed E-state index contributed by atoms with van der Waals surface area (Å²) in [5.41, 5.74) is 0.461. The monoisotopic (exact) mass is 308 g/mol. The highest BCUT2D eigenvalue weighted by Gasteiger charge is 2.26. The highest BCUT2D eigenvalue weighted by Crippen LogP contribution is 2.30. The Hall–Kier alpha value is -1.80. The summed E-state index contributed by atoms with van der Waals surface area (Å²) in [6.07, 6.45) is 2.33. The van der Waals surface area contributed by atoms with E-state index in [1.165, 1.54) is 21.9 Å². The number of nitrogens with zero attached hydrogens (tertiary/aromatic N) is 4. The predicted octanol–water partition coefficient (Wildman–Crippen LogP) is 0.756. The molecule has 1 saturated carbocycles. The van der Waals surface area contributed by atoms with Gasteiger partial charge in [0.05, 0.1) is 13.1 Å². The molecule has 112 valence electrons. The van der Waals surface area contributed by atoms with Gasteiger partial charge in [0.2, 0.25) is 4.96 Å². The van der Waals surface area contributed by atoms with Gasteiger partial charge >= 0.3 is 5.97 Å². The molecule has 0 aromatic carbocycles. The van der Waals surface area contributed by atoms with Crippen molar-refractivity contribution in [3.8, 4) is 0 Å². The summed E-state index contributed by atoms with van der Waals surface area (Å²) in [7, 11) is 0. The fourth-order valence-electron chi connectivity index (χ4n) is 2.26. The first kappa shape index (κ1) is 14.2. The molecule has 1 N–H and O–H groups in total. The second-order valence-electron chi connectivity index (χ2n) is 5.43. The molecule has 0 radical (unpaired) electrons. The third kappa shape index (κ3) is 3.45. The van der Waals surface area contributed by atoms with Crippen LogP contribution in [0.25, 0.3) is 4.96 Å². The van der Waals surface area contributed by atoms with E-state index in [0.29, 0.717) is 28.1 Å². The van der Waals surface area contributed by atoms with Crippen molar-refractivity contribution in [1.82, 2.24) is 19.5 Å². The van der Waals surface area contributed by atoms with Crippen LogP contribution in [0.5, 0.6) is 0 Å². The summed E-state index contributed by atoms with van der Waals surface area (Å²) in [5, 5.41) is 14.0. The van der Waals surface area contributed by atoms with E-state index in [1.54, 1.807) is 6.92 Å². The van der Waals surface area contributed by atoms with Gasteiger partial charge in [0.15, 0.2) is 0 Å². The number of fused-ring (bicyclic) bond motifs is 1. The highest BCUT2D eigenvalue weighted by atomic mass is 32.1. The molecular formula is C13H16N4O3S. The number of carboxylic acid groups (broad SMARTS) is 1. The normalized spacial score (nSPS) is 15.0. The molecule has 0 saturated heterocycles. The van der Waals surface area contributed by atoms with E-state index >= 15 is 0 Å². The standard InChI is InChI=1S/C13H16N4O3S/c1-8-4-11(18)17-13(14-8)21-10(15-17)6-16(7-12(19)20)5-9-2-3-9/h4,9H,2-3,5-7H2,1H3,(H,19,20). The molecule has 0 unspecified atom stereocenters. The molecule has 1 aliphatic rings. The zero-order chi connectivity index (χ0) is 15.0. The van der Waals surface area contributed by atoms with Crippen LogP contribution in [0.3, 0.4) is 0 Å². The number of hydrogen-bond donors (Lipinski definition) is 1. The second kappa shape index (κ2) is 5.53. The van der Waals surface area contributed by atoms with Crippen molar-refractivity contribution >= 4 is 22.3 Å². The van der Waals surface area contributed by atoms with Crippen molar-refractivity contribution < 1.29 is 9.90 Å². The lowest BCUT2D eigenvalue weighted by Crippen LogP contribution is -2.31. The molecule has 0 bridgehead atoms. The molecular weight excluding hydrogens is 292 g/mol. The van der Waals surface area contributed by atoms with Crippen LogP contribution in [-0.4, -0.2) is 43.7 Å². The van der Waals surface area contributed by atoms with Crippen molar-refractivity contribution in [2.45, 2.75) is 26.3 Å². The molecule has 0 atom stereocenters. The van der Waals surface area contributed by atoms with Gasteiger partial charge in [0.1, 0.15) is 5.01 Å². The van der Waals surface area contributed by atoms with Crippen LogP contribution < -0.4 is 5.56 Å². The quantitative estimate of drug-likeness (QED) is 0.847. The van der Waals surface area contributed by atoms with Crippen LogP contribution in [0.15, 0.2) is 10.9 Å². The van der Waals surface area contributed by atoms with Gasteiger partial charge in [-0.05, 0) is 25.7 Å². The molecule has 1 fully saturated rings. The fraction of sp³-hybridized carbons (Fsp3) is 0.538. The SMILES string of the molecule is Cc1cc(=O)n2nc(CN(CC(=O)O)CC3CC3)sc2n1. The Morgan fingerprint density at radius 2 is 2.33 bits per heavy atom. The van der Waals surface area contributed by atoms with Crippen LogP contribution in [0.1, 0.15) is 23.5 Å². The first-order chi connectivity index (χ1) is 10.0. The van der Waals surface area contributed by atoms with Gasteiger partial charge in [0.25, 0.3) is 5.56 Å². The number of carboxylic acids is 1. The van der Waals surface area contributed by atoms with Gasteiger partial charge in [0, 0.05) is 18.3 Å². The first-order valence-corrected chi connectivity index (χ1v) is 7.63. The van der Waals surface area contributed by atoms with E-state index in [4.69, 9.17) is 5.11 Å². The van der Waals surface area contributed by atoms with E-state index in [-0.39, 0.29) is 12.1 Å². The minimum absolute atomic E-state index is 0.00617. The van der Waals surface area contributed by atoms with Gasteiger partial charge in [-0.2, -0.15) is 9.61 Å². The number of hydrogen-bond acceptors (Lipinski definition) is 6. The third-order valence-electron chi connectivity index (χ3n) is 3.35. The van der Waals surface area contributed by atoms with Crippen molar-refractivity contribution in [1.29, 1.82) is 0 Å². The Bertz CT molecular complexity index is 735. The Kier molecular flexibility index (Phi) is 3.73. The first-order valence-electron chi connectivity index (χ1n) is 6.82. The summed E-state index contributed by atoms with van der Waals surface area (Å²) >= 11 is 1.33. The molecule has 8 heteroatoms. The maximum Gasteiger partial charge on any atom is 0.317 e. The zero-order valence-electron chi connectivity index (χ0n) is 11.7. The van der Waals surface area contributed by atoms with Crippen LogP contribution >= 0.6 is 11.3 Å². The van der Waals surface area contributed by atoms with E-state index in [0.717, 1.165) is 19.4 Å². The van der Waals surface area contributed by atoms with E-state index < -0.39 is 5.97 Å². The molecule has 0 aliphatic heterocycles. The maximum absolute atomic E-state index is 11.8. The molecule has 2 aromatic rings. The Morgan fingerprint density at radius 3 is 3.00 bits per heavy atom. The lowest BCUT2D eigenvalue weighted by atomic mass is 10.3. The Balaban J connectivity index is 1.82. The average molecular weight is 308 g/mol. The van der Waals surface area contributed by atoms with Gasteiger partial charge in [-0.15, -0.1) is 0 Å². The summed E-state index contributed by atoms with van der Waals surface area (Å²) in [4.78, 5) is 29.5. The lowest BCUT2D eigenvalue weighted by molar-refractivity contribution is -0.138. The van der Waals surface area contributed by atoms with Gasteiger partial charge in [-0.25, -0.2) is 4.98 Å². The molecule has 2 aromatic heterocycles. The molecule has 7 nitrogen and oxygen atoms in total. The van der Waals surface area contributed by atoms with Gasteiger partial charge < -0.3 is 5.11 Å². The van der Waals surface area contributed by atoms with Gasteiger partial charge in [-0.1, -0.05) is 11.3 Å².